The molecule has 0 amide bonds. The maximum atomic E-state index is 5.72. The van der Waals surface area contributed by atoms with Gasteiger partial charge in [0.1, 0.15) is 5.75 Å². The van der Waals surface area contributed by atoms with Gasteiger partial charge in [0, 0.05) is 5.92 Å². The average Bonchev–Trinajstić information content (AvgIpc) is 2.18. The van der Waals surface area contributed by atoms with Gasteiger partial charge >= 0.3 is 0 Å². The zero-order valence-corrected chi connectivity index (χ0v) is 9.86. The van der Waals surface area contributed by atoms with E-state index in [1.165, 1.54) is 5.56 Å². The van der Waals surface area contributed by atoms with Crippen molar-refractivity contribution < 1.29 is 4.74 Å². The minimum atomic E-state index is 0.436. The number of aryl methyl sites for hydroxylation is 1. The Kier molecular flexibility index (Phi) is 4.63. The van der Waals surface area contributed by atoms with Gasteiger partial charge in [0.05, 0.1) is 6.61 Å². The fourth-order valence-electron chi connectivity index (χ4n) is 1.44. The van der Waals surface area contributed by atoms with Crippen LogP contribution in [0.5, 0.6) is 5.75 Å². The first-order valence-electron chi connectivity index (χ1n) is 5.53. The maximum Gasteiger partial charge on any atom is 0.119 e. The molecule has 0 aromatic heterocycles. The third kappa shape index (κ3) is 3.92. The molecule has 1 rings (SSSR count). The summed E-state index contributed by atoms with van der Waals surface area (Å²) in [6.07, 6.45) is 0. The van der Waals surface area contributed by atoms with E-state index in [-0.39, 0.29) is 0 Å². The average molecular weight is 207 g/mol. The number of hydrogen-bond donors (Lipinski definition) is 1. The molecule has 2 N–H and O–H groups in total. The molecule has 15 heavy (non-hydrogen) atoms. The Labute approximate surface area is 92.4 Å². The highest BCUT2D eigenvalue weighted by atomic mass is 16.5. The monoisotopic (exact) mass is 207 g/mol. The molecule has 0 aliphatic carbocycles. The van der Waals surface area contributed by atoms with E-state index in [9.17, 15) is 0 Å². The van der Waals surface area contributed by atoms with Crippen molar-refractivity contribution in [2.75, 3.05) is 13.2 Å². The first-order chi connectivity index (χ1) is 7.13. The van der Waals surface area contributed by atoms with Gasteiger partial charge in [-0.2, -0.15) is 0 Å². The zero-order valence-electron chi connectivity index (χ0n) is 9.86. The molecular weight excluding hydrogens is 186 g/mol. The predicted octanol–water partition coefficient (Wildman–Crippen LogP) is 2.60. The number of ether oxygens (including phenoxy) is 1. The Balaban J connectivity index is 2.49. The highest BCUT2D eigenvalue weighted by Crippen LogP contribution is 2.15. The molecular formula is C13H21NO. The lowest BCUT2D eigenvalue weighted by molar-refractivity contribution is 0.214. The van der Waals surface area contributed by atoms with Gasteiger partial charge in [0.25, 0.3) is 0 Å². The van der Waals surface area contributed by atoms with Crippen LogP contribution < -0.4 is 10.5 Å². The van der Waals surface area contributed by atoms with Crippen LogP contribution in [0, 0.1) is 18.8 Å². The first-order valence-corrected chi connectivity index (χ1v) is 5.53. The molecule has 84 valence electrons. The fourth-order valence-corrected chi connectivity index (χ4v) is 1.44. The summed E-state index contributed by atoms with van der Waals surface area (Å²) in [5.41, 5.74) is 6.91. The SMILES string of the molecule is Cc1cccc(OCC(CN)C(C)C)c1. The Hall–Kier alpha value is -1.02. The third-order valence-corrected chi connectivity index (χ3v) is 2.70. The summed E-state index contributed by atoms with van der Waals surface area (Å²) < 4.78 is 5.72. The Morgan fingerprint density at radius 1 is 1.33 bits per heavy atom. The van der Waals surface area contributed by atoms with Crippen LogP contribution in [-0.2, 0) is 0 Å². The molecule has 2 heteroatoms. The van der Waals surface area contributed by atoms with Gasteiger partial charge in [-0.15, -0.1) is 0 Å². The van der Waals surface area contributed by atoms with E-state index >= 15 is 0 Å². The normalized spacial score (nSPS) is 12.9. The molecule has 0 saturated carbocycles. The summed E-state index contributed by atoms with van der Waals surface area (Å²) in [6.45, 7) is 7.81. The van der Waals surface area contributed by atoms with Crippen LogP contribution in [0.15, 0.2) is 24.3 Å². The van der Waals surface area contributed by atoms with E-state index < -0.39 is 0 Å². The van der Waals surface area contributed by atoms with Crippen LogP contribution in [0.1, 0.15) is 19.4 Å². The molecule has 0 fully saturated rings. The van der Waals surface area contributed by atoms with Crippen molar-refractivity contribution in [1.82, 2.24) is 0 Å². The Bertz CT molecular complexity index is 296. The molecule has 1 unspecified atom stereocenters. The summed E-state index contributed by atoms with van der Waals surface area (Å²) in [4.78, 5) is 0. The van der Waals surface area contributed by atoms with Crippen LogP contribution in [-0.4, -0.2) is 13.2 Å². The molecule has 0 spiro atoms. The molecule has 2 nitrogen and oxygen atoms in total. The van der Waals surface area contributed by atoms with Gasteiger partial charge in [-0.3, -0.25) is 0 Å². The van der Waals surface area contributed by atoms with E-state index in [4.69, 9.17) is 10.5 Å². The van der Waals surface area contributed by atoms with Gasteiger partial charge < -0.3 is 10.5 Å². The summed E-state index contributed by atoms with van der Waals surface area (Å²) >= 11 is 0. The predicted molar refractivity (Wildman–Crippen MR) is 64.1 cm³/mol. The van der Waals surface area contributed by atoms with E-state index in [2.05, 4.69) is 26.8 Å². The van der Waals surface area contributed by atoms with Gasteiger partial charge in [0.15, 0.2) is 0 Å². The lowest BCUT2D eigenvalue weighted by Gasteiger charge is -2.19. The zero-order chi connectivity index (χ0) is 11.3. The van der Waals surface area contributed by atoms with Crippen molar-refractivity contribution in [2.45, 2.75) is 20.8 Å². The Morgan fingerprint density at radius 2 is 2.07 bits per heavy atom. The third-order valence-electron chi connectivity index (χ3n) is 2.70. The van der Waals surface area contributed by atoms with E-state index in [0.29, 0.717) is 25.0 Å². The minimum Gasteiger partial charge on any atom is -0.493 e. The summed E-state index contributed by atoms with van der Waals surface area (Å²) in [5, 5.41) is 0. The lowest BCUT2D eigenvalue weighted by Crippen LogP contribution is -2.26. The van der Waals surface area contributed by atoms with Gasteiger partial charge in [-0.25, -0.2) is 0 Å². The van der Waals surface area contributed by atoms with Crippen LogP contribution in [0.25, 0.3) is 0 Å². The number of benzene rings is 1. The molecule has 1 aromatic rings. The minimum absolute atomic E-state index is 0.436. The summed E-state index contributed by atoms with van der Waals surface area (Å²) in [6, 6.07) is 8.11. The van der Waals surface area contributed by atoms with E-state index in [1.807, 2.05) is 18.2 Å². The molecule has 0 aliphatic rings. The number of hydrogen-bond acceptors (Lipinski definition) is 2. The molecule has 1 atom stereocenters. The lowest BCUT2D eigenvalue weighted by atomic mass is 9.97. The standard InChI is InChI=1S/C13H21NO/c1-10(2)12(8-14)9-15-13-6-4-5-11(3)7-13/h4-7,10,12H,8-9,14H2,1-3H3. The van der Waals surface area contributed by atoms with Crippen LogP contribution in [0.2, 0.25) is 0 Å². The largest absolute Gasteiger partial charge is 0.493 e. The highest BCUT2D eigenvalue weighted by molar-refractivity contribution is 5.27. The summed E-state index contributed by atoms with van der Waals surface area (Å²) in [5.74, 6) is 1.94. The van der Waals surface area contributed by atoms with Crippen molar-refractivity contribution >= 4 is 0 Å². The second-order valence-electron chi connectivity index (χ2n) is 4.37. The molecule has 0 radical (unpaired) electrons. The topological polar surface area (TPSA) is 35.2 Å². The van der Waals surface area contributed by atoms with Gasteiger partial charge in [-0.1, -0.05) is 26.0 Å². The highest BCUT2D eigenvalue weighted by Gasteiger charge is 2.11. The summed E-state index contributed by atoms with van der Waals surface area (Å²) in [7, 11) is 0. The Morgan fingerprint density at radius 3 is 2.60 bits per heavy atom. The number of nitrogens with two attached hydrogens (primary N) is 1. The smallest absolute Gasteiger partial charge is 0.119 e. The van der Waals surface area contributed by atoms with Crippen molar-refractivity contribution in [3.05, 3.63) is 29.8 Å². The maximum absolute atomic E-state index is 5.72. The van der Waals surface area contributed by atoms with Crippen molar-refractivity contribution in [1.29, 1.82) is 0 Å². The fraction of sp³-hybridized carbons (Fsp3) is 0.538. The molecule has 0 heterocycles. The van der Waals surface area contributed by atoms with Crippen molar-refractivity contribution in [3.8, 4) is 5.75 Å². The molecule has 0 saturated heterocycles. The first kappa shape index (κ1) is 12.1. The number of rotatable bonds is 5. The van der Waals surface area contributed by atoms with Gasteiger partial charge in [0.2, 0.25) is 0 Å². The van der Waals surface area contributed by atoms with Crippen LogP contribution >= 0.6 is 0 Å². The molecule has 1 aromatic carbocycles. The van der Waals surface area contributed by atoms with Crippen LogP contribution in [0.3, 0.4) is 0 Å². The van der Waals surface area contributed by atoms with E-state index in [1.54, 1.807) is 0 Å². The second-order valence-corrected chi connectivity index (χ2v) is 4.37. The van der Waals surface area contributed by atoms with Gasteiger partial charge in [-0.05, 0) is 37.1 Å². The van der Waals surface area contributed by atoms with Crippen molar-refractivity contribution in [3.63, 3.8) is 0 Å². The van der Waals surface area contributed by atoms with E-state index in [0.717, 1.165) is 5.75 Å². The quantitative estimate of drug-likeness (QED) is 0.805. The van der Waals surface area contributed by atoms with Crippen LogP contribution in [0.4, 0.5) is 0 Å². The second kappa shape index (κ2) is 5.76. The molecule has 0 aliphatic heterocycles. The van der Waals surface area contributed by atoms with Crippen molar-refractivity contribution in [2.24, 2.45) is 17.6 Å². The molecule has 0 bridgehead atoms.